The van der Waals surface area contributed by atoms with Crippen LogP contribution in [0.15, 0.2) is 0 Å². The molecule has 0 aromatic carbocycles. The molecule has 1 aromatic heterocycles. The van der Waals surface area contributed by atoms with Crippen molar-refractivity contribution in [3.05, 3.63) is 5.01 Å². The van der Waals surface area contributed by atoms with E-state index >= 15 is 0 Å². The number of nitrogens with one attached hydrogen (secondary N) is 1. The number of anilines is 1. The van der Waals surface area contributed by atoms with Crippen molar-refractivity contribution in [3.63, 3.8) is 0 Å². The summed E-state index contributed by atoms with van der Waals surface area (Å²) >= 11 is 0.527. The third kappa shape index (κ3) is 4.77. The van der Waals surface area contributed by atoms with E-state index in [4.69, 9.17) is 0 Å². The van der Waals surface area contributed by atoms with E-state index in [1.165, 1.54) is 0 Å². The molecular formula is C10H17F3N4S. The first-order valence-corrected chi connectivity index (χ1v) is 6.21. The van der Waals surface area contributed by atoms with Gasteiger partial charge in [0.1, 0.15) is 0 Å². The molecule has 0 radical (unpaired) electrons. The van der Waals surface area contributed by atoms with E-state index in [9.17, 15) is 13.2 Å². The second-order valence-electron chi connectivity index (χ2n) is 5.17. The zero-order chi connectivity index (χ0) is 14.0. The van der Waals surface area contributed by atoms with Gasteiger partial charge >= 0.3 is 6.18 Å². The Morgan fingerprint density at radius 2 is 1.83 bits per heavy atom. The van der Waals surface area contributed by atoms with Crippen molar-refractivity contribution in [2.75, 3.05) is 32.5 Å². The molecule has 1 N–H and O–H groups in total. The van der Waals surface area contributed by atoms with E-state index in [-0.39, 0.29) is 10.5 Å². The number of nitrogens with zero attached hydrogens (tertiary/aromatic N) is 3. The Hall–Kier alpha value is -0.890. The van der Waals surface area contributed by atoms with E-state index in [1.54, 1.807) is 0 Å². The van der Waals surface area contributed by atoms with Crippen molar-refractivity contribution >= 4 is 16.5 Å². The zero-order valence-electron chi connectivity index (χ0n) is 10.8. The first-order chi connectivity index (χ1) is 8.10. The number of halogens is 3. The summed E-state index contributed by atoms with van der Waals surface area (Å²) in [4.78, 5) is 2.03. The van der Waals surface area contributed by atoms with Gasteiger partial charge in [0.15, 0.2) is 0 Å². The number of hydrogen-bond acceptors (Lipinski definition) is 5. The smallest absolute Gasteiger partial charge is 0.359 e. The highest BCUT2D eigenvalue weighted by molar-refractivity contribution is 7.15. The van der Waals surface area contributed by atoms with Gasteiger partial charge in [-0.3, -0.25) is 0 Å². The van der Waals surface area contributed by atoms with Gasteiger partial charge in [0.2, 0.25) is 10.1 Å². The van der Waals surface area contributed by atoms with Crippen LogP contribution in [0.25, 0.3) is 0 Å². The Labute approximate surface area is 108 Å². The summed E-state index contributed by atoms with van der Waals surface area (Å²) in [6, 6.07) is 0. The summed E-state index contributed by atoms with van der Waals surface area (Å²) in [5.41, 5.74) is -0.0619. The van der Waals surface area contributed by atoms with Crippen LogP contribution in [-0.4, -0.2) is 42.3 Å². The summed E-state index contributed by atoms with van der Waals surface area (Å²) in [7, 11) is 3.91. The van der Waals surface area contributed by atoms with Crippen LogP contribution in [0.3, 0.4) is 0 Å². The number of aromatic nitrogens is 2. The van der Waals surface area contributed by atoms with E-state index in [2.05, 4.69) is 15.5 Å². The van der Waals surface area contributed by atoms with E-state index in [0.29, 0.717) is 17.9 Å². The highest BCUT2D eigenvalue weighted by atomic mass is 32.1. The van der Waals surface area contributed by atoms with Crippen molar-refractivity contribution in [1.82, 2.24) is 15.1 Å². The molecule has 1 rings (SSSR count). The SMILES string of the molecule is CN(C)CC(C)(C)CNc1nnc(C(F)(F)F)s1. The molecule has 0 aliphatic carbocycles. The van der Waals surface area contributed by atoms with Crippen molar-refractivity contribution in [2.24, 2.45) is 5.41 Å². The molecule has 1 heterocycles. The molecule has 0 bridgehead atoms. The maximum Gasteiger partial charge on any atom is 0.445 e. The summed E-state index contributed by atoms with van der Waals surface area (Å²) in [6.45, 7) is 5.43. The fourth-order valence-electron chi connectivity index (χ4n) is 1.64. The molecule has 4 nitrogen and oxygen atoms in total. The molecule has 0 aliphatic heterocycles. The molecule has 104 valence electrons. The van der Waals surface area contributed by atoms with Gasteiger partial charge in [0.05, 0.1) is 0 Å². The van der Waals surface area contributed by atoms with Crippen LogP contribution in [0.1, 0.15) is 18.9 Å². The van der Waals surface area contributed by atoms with Gasteiger partial charge in [0, 0.05) is 13.1 Å². The van der Waals surface area contributed by atoms with Gasteiger partial charge in [-0.1, -0.05) is 25.2 Å². The van der Waals surface area contributed by atoms with Crippen molar-refractivity contribution in [3.8, 4) is 0 Å². The highest BCUT2D eigenvalue weighted by Crippen LogP contribution is 2.33. The second-order valence-corrected chi connectivity index (χ2v) is 6.14. The van der Waals surface area contributed by atoms with Gasteiger partial charge in [0.25, 0.3) is 0 Å². The first kappa shape index (κ1) is 15.2. The number of rotatable bonds is 5. The lowest BCUT2D eigenvalue weighted by Crippen LogP contribution is -2.34. The van der Waals surface area contributed by atoms with Gasteiger partial charge < -0.3 is 10.2 Å². The molecule has 0 spiro atoms. The molecule has 0 aliphatic rings. The Balaban J connectivity index is 2.56. The standard InChI is InChI=1S/C10H17F3N4S/c1-9(2,6-17(3)4)5-14-8-16-15-7(18-8)10(11,12)13/h5-6H2,1-4H3,(H,14,16). The quantitative estimate of drug-likeness (QED) is 0.901. The van der Waals surface area contributed by atoms with E-state index in [0.717, 1.165) is 6.54 Å². The minimum absolute atomic E-state index is 0.0619. The van der Waals surface area contributed by atoms with Crippen LogP contribution in [0, 0.1) is 5.41 Å². The predicted molar refractivity (Wildman–Crippen MR) is 65.7 cm³/mol. The molecule has 0 amide bonds. The number of hydrogen-bond donors (Lipinski definition) is 1. The second kappa shape index (κ2) is 5.40. The maximum atomic E-state index is 12.3. The minimum Gasteiger partial charge on any atom is -0.359 e. The van der Waals surface area contributed by atoms with E-state index in [1.807, 2.05) is 32.8 Å². The molecule has 8 heteroatoms. The predicted octanol–water partition coefficient (Wildman–Crippen LogP) is 2.56. The topological polar surface area (TPSA) is 41.0 Å². The molecule has 0 saturated carbocycles. The normalized spacial score (nSPS) is 13.1. The first-order valence-electron chi connectivity index (χ1n) is 5.39. The molecule has 0 atom stereocenters. The van der Waals surface area contributed by atoms with Crippen molar-refractivity contribution in [1.29, 1.82) is 0 Å². The van der Waals surface area contributed by atoms with Crippen molar-refractivity contribution in [2.45, 2.75) is 20.0 Å². The van der Waals surface area contributed by atoms with Crippen LogP contribution in [0.4, 0.5) is 18.3 Å². The fourth-order valence-corrected chi connectivity index (χ4v) is 2.24. The summed E-state index contributed by atoms with van der Waals surface area (Å²) in [5, 5.41) is 8.79. The molecule has 0 saturated heterocycles. The minimum atomic E-state index is -4.42. The lowest BCUT2D eigenvalue weighted by atomic mass is 9.93. The molecule has 0 fully saturated rings. The molecule has 0 unspecified atom stereocenters. The highest BCUT2D eigenvalue weighted by Gasteiger charge is 2.35. The lowest BCUT2D eigenvalue weighted by molar-refractivity contribution is -0.138. The molecule has 18 heavy (non-hydrogen) atoms. The number of alkyl halides is 3. The summed E-state index contributed by atoms with van der Waals surface area (Å²) in [5.74, 6) is 0. The Bertz CT molecular complexity index is 387. The maximum absolute atomic E-state index is 12.3. The monoisotopic (exact) mass is 282 g/mol. The van der Waals surface area contributed by atoms with Crippen LogP contribution in [0.5, 0.6) is 0 Å². The van der Waals surface area contributed by atoms with Crippen LogP contribution in [-0.2, 0) is 6.18 Å². The average molecular weight is 282 g/mol. The van der Waals surface area contributed by atoms with Gasteiger partial charge in [-0.2, -0.15) is 13.2 Å². The largest absolute Gasteiger partial charge is 0.445 e. The fraction of sp³-hybridized carbons (Fsp3) is 0.800. The molecule has 1 aromatic rings. The average Bonchev–Trinajstić information content (AvgIpc) is 2.60. The Kier molecular flexibility index (Phi) is 4.55. The van der Waals surface area contributed by atoms with Crippen LogP contribution < -0.4 is 5.32 Å². The summed E-state index contributed by atoms with van der Waals surface area (Å²) < 4.78 is 37.0. The Morgan fingerprint density at radius 1 is 1.22 bits per heavy atom. The zero-order valence-corrected chi connectivity index (χ0v) is 11.6. The van der Waals surface area contributed by atoms with Gasteiger partial charge in [-0.05, 0) is 19.5 Å². The Morgan fingerprint density at radius 3 is 2.28 bits per heavy atom. The third-order valence-electron chi connectivity index (χ3n) is 2.13. The van der Waals surface area contributed by atoms with Gasteiger partial charge in [-0.25, -0.2) is 0 Å². The van der Waals surface area contributed by atoms with Crippen LogP contribution >= 0.6 is 11.3 Å². The van der Waals surface area contributed by atoms with Crippen molar-refractivity contribution < 1.29 is 13.2 Å². The van der Waals surface area contributed by atoms with Crippen LogP contribution in [0.2, 0.25) is 0 Å². The van der Waals surface area contributed by atoms with Gasteiger partial charge in [-0.15, -0.1) is 10.2 Å². The molecular weight excluding hydrogens is 265 g/mol. The lowest BCUT2D eigenvalue weighted by Gasteiger charge is -2.28. The van der Waals surface area contributed by atoms with E-state index < -0.39 is 11.2 Å². The summed E-state index contributed by atoms with van der Waals surface area (Å²) in [6.07, 6.45) is -4.42. The third-order valence-corrected chi connectivity index (χ3v) is 3.06.